The predicted molar refractivity (Wildman–Crippen MR) is 73.9 cm³/mol. The smallest absolute Gasteiger partial charge is 0.274 e. The van der Waals surface area contributed by atoms with Gasteiger partial charge in [-0.25, -0.2) is 0 Å². The first-order valence-electron chi connectivity index (χ1n) is 5.68. The molecule has 0 N–H and O–H groups in total. The van der Waals surface area contributed by atoms with Gasteiger partial charge in [0.15, 0.2) is 0 Å². The molecule has 0 saturated carbocycles. The van der Waals surface area contributed by atoms with Gasteiger partial charge in [0.1, 0.15) is 11.5 Å². The molecular weight excluding hydrogens is 266 g/mol. The summed E-state index contributed by atoms with van der Waals surface area (Å²) in [7, 11) is 0. The van der Waals surface area contributed by atoms with Crippen LogP contribution < -0.4 is 4.74 Å². The topological polar surface area (TPSA) is 52.4 Å². The molecule has 0 heterocycles. The lowest BCUT2D eigenvalue weighted by Gasteiger charge is -2.07. The van der Waals surface area contributed by atoms with Crippen LogP contribution in [0.25, 0.3) is 0 Å². The summed E-state index contributed by atoms with van der Waals surface area (Å²) in [6.07, 6.45) is 0. The standard InChI is InChI=1S/C14H12ClNO3/c1-10-3-2-4-12(7-10)19-13-5-6-14(16(17)18)11(8-13)9-15/h2-8H,9H2,1H3. The fourth-order valence-electron chi connectivity index (χ4n) is 1.73. The van der Waals surface area contributed by atoms with Crippen LogP contribution in [0.3, 0.4) is 0 Å². The molecular formula is C14H12ClNO3. The number of nitro benzene ring substituents is 1. The third-order valence-corrected chi connectivity index (χ3v) is 2.90. The van der Waals surface area contributed by atoms with Crippen molar-refractivity contribution in [1.82, 2.24) is 0 Å². The van der Waals surface area contributed by atoms with E-state index in [2.05, 4.69) is 0 Å². The fraction of sp³-hybridized carbons (Fsp3) is 0.143. The van der Waals surface area contributed by atoms with Gasteiger partial charge in [-0.3, -0.25) is 10.1 Å². The maximum atomic E-state index is 10.8. The first kappa shape index (κ1) is 13.4. The van der Waals surface area contributed by atoms with E-state index in [9.17, 15) is 10.1 Å². The molecule has 5 heteroatoms. The van der Waals surface area contributed by atoms with E-state index >= 15 is 0 Å². The number of benzene rings is 2. The van der Waals surface area contributed by atoms with Gasteiger partial charge in [0.05, 0.1) is 10.8 Å². The average molecular weight is 278 g/mol. The third kappa shape index (κ3) is 3.23. The Bertz CT molecular complexity index is 613. The highest BCUT2D eigenvalue weighted by Crippen LogP contribution is 2.28. The Labute approximate surface area is 115 Å². The summed E-state index contributed by atoms with van der Waals surface area (Å²) >= 11 is 5.72. The molecule has 0 saturated heterocycles. The molecule has 0 spiro atoms. The second kappa shape index (κ2) is 5.71. The molecule has 0 bridgehead atoms. The Balaban J connectivity index is 2.29. The number of aryl methyl sites for hydroxylation is 1. The van der Waals surface area contributed by atoms with Crippen molar-refractivity contribution in [3.63, 3.8) is 0 Å². The SMILES string of the molecule is Cc1cccc(Oc2ccc([N+](=O)[O-])c(CCl)c2)c1. The Hall–Kier alpha value is -2.07. The lowest BCUT2D eigenvalue weighted by atomic mass is 10.2. The van der Waals surface area contributed by atoms with Gasteiger partial charge in [0.2, 0.25) is 0 Å². The van der Waals surface area contributed by atoms with Crippen molar-refractivity contribution in [1.29, 1.82) is 0 Å². The Morgan fingerprint density at radius 1 is 1.21 bits per heavy atom. The number of nitrogens with zero attached hydrogens (tertiary/aromatic N) is 1. The fourth-order valence-corrected chi connectivity index (χ4v) is 1.94. The lowest BCUT2D eigenvalue weighted by Crippen LogP contribution is -1.94. The van der Waals surface area contributed by atoms with E-state index in [0.29, 0.717) is 17.1 Å². The number of halogens is 1. The molecule has 0 radical (unpaired) electrons. The molecule has 0 aliphatic heterocycles. The summed E-state index contributed by atoms with van der Waals surface area (Å²) in [6, 6.07) is 12.1. The number of rotatable bonds is 4. The van der Waals surface area contributed by atoms with Gasteiger partial charge in [0.25, 0.3) is 5.69 Å². The van der Waals surface area contributed by atoms with Crippen molar-refractivity contribution in [2.24, 2.45) is 0 Å². The number of ether oxygens (including phenoxy) is 1. The molecule has 0 aliphatic rings. The average Bonchev–Trinajstić information content (AvgIpc) is 2.38. The van der Waals surface area contributed by atoms with Crippen molar-refractivity contribution in [3.8, 4) is 11.5 Å². The van der Waals surface area contributed by atoms with Crippen LogP contribution in [0.15, 0.2) is 42.5 Å². The highest BCUT2D eigenvalue weighted by molar-refractivity contribution is 6.17. The predicted octanol–water partition coefficient (Wildman–Crippen LogP) is 4.43. The summed E-state index contributed by atoms with van der Waals surface area (Å²) in [6.45, 7) is 1.97. The van der Waals surface area contributed by atoms with E-state index in [4.69, 9.17) is 16.3 Å². The maximum absolute atomic E-state index is 10.8. The van der Waals surface area contributed by atoms with Crippen molar-refractivity contribution in [2.45, 2.75) is 12.8 Å². The summed E-state index contributed by atoms with van der Waals surface area (Å²) in [5.74, 6) is 1.29. The highest BCUT2D eigenvalue weighted by atomic mass is 35.5. The van der Waals surface area contributed by atoms with Crippen LogP contribution in [0.4, 0.5) is 5.69 Å². The van der Waals surface area contributed by atoms with Crippen molar-refractivity contribution in [3.05, 3.63) is 63.7 Å². The van der Waals surface area contributed by atoms with Crippen LogP contribution in [-0.2, 0) is 5.88 Å². The second-order valence-electron chi connectivity index (χ2n) is 4.10. The molecule has 0 unspecified atom stereocenters. The molecule has 19 heavy (non-hydrogen) atoms. The van der Waals surface area contributed by atoms with E-state index in [1.165, 1.54) is 6.07 Å². The summed E-state index contributed by atoms with van der Waals surface area (Å²) in [5, 5.41) is 10.8. The normalized spacial score (nSPS) is 10.2. The van der Waals surface area contributed by atoms with Gasteiger partial charge in [-0.2, -0.15) is 0 Å². The molecule has 2 aromatic rings. The zero-order valence-corrected chi connectivity index (χ0v) is 11.1. The Kier molecular flexibility index (Phi) is 4.02. The van der Waals surface area contributed by atoms with Crippen LogP contribution in [0.5, 0.6) is 11.5 Å². The van der Waals surface area contributed by atoms with Gasteiger partial charge in [-0.1, -0.05) is 12.1 Å². The van der Waals surface area contributed by atoms with E-state index in [1.54, 1.807) is 12.1 Å². The molecule has 98 valence electrons. The summed E-state index contributed by atoms with van der Waals surface area (Å²) in [4.78, 5) is 10.4. The van der Waals surface area contributed by atoms with Crippen molar-refractivity contribution < 1.29 is 9.66 Å². The monoisotopic (exact) mass is 277 g/mol. The molecule has 0 aliphatic carbocycles. The largest absolute Gasteiger partial charge is 0.457 e. The third-order valence-electron chi connectivity index (χ3n) is 2.62. The molecule has 2 aromatic carbocycles. The van der Waals surface area contributed by atoms with Crippen LogP contribution in [0, 0.1) is 17.0 Å². The second-order valence-corrected chi connectivity index (χ2v) is 4.37. The molecule has 0 fully saturated rings. The van der Waals surface area contributed by atoms with Gasteiger partial charge < -0.3 is 4.74 Å². The van der Waals surface area contributed by atoms with Gasteiger partial charge in [-0.15, -0.1) is 11.6 Å². The number of hydrogen-bond acceptors (Lipinski definition) is 3. The Morgan fingerprint density at radius 3 is 2.58 bits per heavy atom. The summed E-state index contributed by atoms with van der Waals surface area (Å²) < 4.78 is 5.66. The maximum Gasteiger partial charge on any atom is 0.274 e. The highest BCUT2D eigenvalue weighted by Gasteiger charge is 2.13. The van der Waals surface area contributed by atoms with Crippen LogP contribution in [0.1, 0.15) is 11.1 Å². The molecule has 2 rings (SSSR count). The summed E-state index contributed by atoms with van der Waals surface area (Å²) in [5.41, 5.74) is 1.53. The van der Waals surface area contributed by atoms with Gasteiger partial charge in [0, 0.05) is 11.6 Å². The minimum absolute atomic E-state index is 0.00610. The van der Waals surface area contributed by atoms with Gasteiger partial charge >= 0.3 is 0 Å². The van der Waals surface area contributed by atoms with E-state index in [1.807, 2.05) is 31.2 Å². The van der Waals surface area contributed by atoms with E-state index in [-0.39, 0.29) is 11.6 Å². The minimum atomic E-state index is -0.450. The molecule has 0 aromatic heterocycles. The minimum Gasteiger partial charge on any atom is -0.457 e. The van der Waals surface area contributed by atoms with E-state index in [0.717, 1.165) is 5.56 Å². The van der Waals surface area contributed by atoms with E-state index < -0.39 is 4.92 Å². The molecule has 0 amide bonds. The number of hydrogen-bond donors (Lipinski definition) is 0. The molecule has 0 atom stereocenters. The Morgan fingerprint density at radius 2 is 1.95 bits per heavy atom. The van der Waals surface area contributed by atoms with Crippen molar-refractivity contribution in [2.75, 3.05) is 0 Å². The van der Waals surface area contributed by atoms with Crippen LogP contribution >= 0.6 is 11.6 Å². The first-order chi connectivity index (χ1) is 9.10. The number of alkyl halides is 1. The van der Waals surface area contributed by atoms with Crippen LogP contribution in [0.2, 0.25) is 0 Å². The van der Waals surface area contributed by atoms with Crippen LogP contribution in [-0.4, -0.2) is 4.92 Å². The first-order valence-corrected chi connectivity index (χ1v) is 6.21. The quantitative estimate of drug-likeness (QED) is 0.472. The zero-order chi connectivity index (χ0) is 13.8. The molecule has 4 nitrogen and oxygen atoms in total. The zero-order valence-electron chi connectivity index (χ0n) is 10.3. The lowest BCUT2D eigenvalue weighted by molar-refractivity contribution is -0.385. The van der Waals surface area contributed by atoms with Gasteiger partial charge in [-0.05, 0) is 36.8 Å². The van der Waals surface area contributed by atoms with Crippen molar-refractivity contribution >= 4 is 17.3 Å². The number of nitro groups is 1.